The lowest BCUT2D eigenvalue weighted by Crippen LogP contribution is -2.29. The molecule has 2 rings (SSSR count). The minimum atomic E-state index is -4.55. The summed E-state index contributed by atoms with van der Waals surface area (Å²) >= 11 is 9.97. The number of unbranched alkanes of at least 4 members (excludes halogenated alkanes) is 5. The standard InChI is InChI=1S/C24H30F4N4OS2/c25-16-17-12-18(24(26,27)28)14-20(13-17)32-23(35)30-10-5-3-1-2-4-6-11-33-21-9-7-8-19(15-21)31-22(29)34/h7-9,12-15H,1-6,10-11,16H2,(H3,29,31,34)(H2,30,32,35). The third-order valence-electron chi connectivity index (χ3n) is 4.96. The Balaban J connectivity index is 1.55. The van der Waals surface area contributed by atoms with Crippen LogP contribution in [0.25, 0.3) is 0 Å². The molecule has 0 aliphatic heterocycles. The number of hydrogen-bond acceptors (Lipinski definition) is 3. The molecule has 0 atom stereocenters. The van der Waals surface area contributed by atoms with E-state index in [2.05, 4.69) is 16.0 Å². The van der Waals surface area contributed by atoms with Crippen molar-refractivity contribution in [2.75, 3.05) is 23.8 Å². The molecular weight excluding hydrogens is 500 g/mol. The van der Waals surface area contributed by atoms with Crippen LogP contribution in [0.2, 0.25) is 0 Å². The molecule has 0 amide bonds. The molecule has 0 spiro atoms. The highest BCUT2D eigenvalue weighted by Gasteiger charge is 2.31. The van der Waals surface area contributed by atoms with Crippen molar-refractivity contribution >= 4 is 46.0 Å². The van der Waals surface area contributed by atoms with Gasteiger partial charge in [0.2, 0.25) is 0 Å². The van der Waals surface area contributed by atoms with Gasteiger partial charge in [-0.1, -0.05) is 31.7 Å². The fourth-order valence-electron chi connectivity index (χ4n) is 3.31. The van der Waals surface area contributed by atoms with E-state index in [-0.39, 0.29) is 21.5 Å². The molecule has 0 bridgehead atoms. The monoisotopic (exact) mass is 530 g/mol. The van der Waals surface area contributed by atoms with E-state index in [0.29, 0.717) is 13.2 Å². The summed E-state index contributed by atoms with van der Waals surface area (Å²) in [4.78, 5) is 0. The van der Waals surface area contributed by atoms with E-state index in [0.717, 1.165) is 62.1 Å². The van der Waals surface area contributed by atoms with Crippen LogP contribution in [0.3, 0.4) is 0 Å². The summed E-state index contributed by atoms with van der Waals surface area (Å²) in [5, 5.41) is 8.96. The van der Waals surface area contributed by atoms with E-state index in [4.69, 9.17) is 34.9 Å². The zero-order valence-corrected chi connectivity index (χ0v) is 20.9. The lowest BCUT2D eigenvalue weighted by molar-refractivity contribution is -0.137. The van der Waals surface area contributed by atoms with Crippen molar-refractivity contribution in [2.24, 2.45) is 5.73 Å². The Morgan fingerprint density at radius 1 is 0.886 bits per heavy atom. The van der Waals surface area contributed by atoms with E-state index in [1.807, 2.05) is 24.3 Å². The first-order chi connectivity index (χ1) is 16.7. The summed E-state index contributed by atoms with van der Waals surface area (Å²) < 4.78 is 57.5. The molecule has 0 fully saturated rings. The summed E-state index contributed by atoms with van der Waals surface area (Å²) in [6.45, 7) is 0.234. The molecule has 0 aliphatic rings. The fraction of sp³-hybridized carbons (Fsp3) is 0.417. The second-order valence-corrected chi connectivity index (χ2v) is 8.77. The number of anilines is 2. The van der Waals surface area contributed by atoms with Crippen LogP contribution in [0.1, 0.15) is 49.7 Å². The van der Waals surface area contributed by atoms with Crippen molar-refractivity contribution in [2.45, 2.75) is 51.4 Å². The maximum Gasteiger partial charge on any atom is 0.416 e. The van der Waals surface area contributed by atoms with Gasteiger partial charge in [-0.2, -0.15) is 13.2 Å². The minimum absolute atomic E-state index is 0.0581. The van der Waals surface area contributed by atoms with Crippen LogP contribution in [0, 0.1) is 0 Å². The van der Waals surface area contributed by atoms with Crippen LogP contribution in [-0.4, -0.2) is 23.4 Å². The number of rotatable bonds is 13. The predicted octanol–water partition coefficient (Wildman–Crippen LogP) is 6.54. The first-order valence-electron chi connectivity index (χ1n) is 11.3. The second kappa shape index (κ2) is 14.7. The smallest absolute Gasteiger partial charge is 0.416 e. The van der Waals surface area contributed by atoms with Crippen molar-refractivity contribution in [3.05, 3.63) is 53.6 Å². The highest BCUT2D eigenvalue weighted by molar-refractivity contribution is 7.80. The Kier molecular flexibility index (Phi) is 12.0. The van der Waals surface area contributed by atoms with Crippen molar-refractivity contribution in [3.8, 4) is 5.75 Å². The van der Waals surface area contributed by atoms with Gasteiger partial charge in [-0.3, -0.25) is 0 Å². The molecule has 0 heterocycles. The summed E-state index contributed by atoms with van der Waals surface area (Å²) in [5.74, 6) is 0.757. The van der Waals surface area contributed by atoms with E-state index in [9.17, 15) is 17.6 Å². The van der Waals surface area contributed by atoms with Gasteiger partial charge >= 0.3 is 6.18 Å². The van der Waals surface area contributed by atoms with Crippen molar-refractivity contribution in [1.82, 2.24) is 5.32 Å². The predicted molar refractivity (Wildman–Crippen MR) is 141 cm³/mol. The highest BCUT2D eigenvalue weighted by atomic mass is 32.1. The highest BCUT2D eigenvalue weighted by Crippen LogP contribution is 2.32. The Morgan fingerprint density at radius 3 is 2.29 bits per heavy atom. The topological polar surface area (TPSA) is 71.3 Å². The molecule has 5 N–H and O–H groups in total. The lowest BCUT2D eigenvalue weighted by Gasteiger charge is -2.14. The zero-order valence-electron chi connectivity index (χ0n) is 19.2. The SMILES string of the molecule is NC(=S)Nc1cccc(OCCCCCCCCNC(=S)Nc2cc(CF)cc(C(F)(F)F)c2)c1. The Morgan fingerprint density at radius 2 is 1.60 bits per heavy atom. The third-order valence-corrected chi connectivity index (χ3v) is 5.31. The van der Waals surface area contributed by atoms with Crippen LogP contribution in [0.5, 0.6) is 5.75 Å². The summed E-state index contributed by atoms with van der Waals surface area (Å²) in [7, 11) is 0. The molecular formula is C24H30F4N4OS2. The van der Waals surface area contributed by atoms with Gasteiger partial charge in [0.1, 0.15) is 12.4 Å². The van der Waals surface area contributed by atoms with Crippen molar-refractivity contribution in [3.63, 3.8) is 0 Å². The lowest BCUT2D eigenvalue weighted by atomic mass is 10.1. The van der Waals surface area contributed by atoms with E-state index >= 15 is 0 Å². The molecule has 0 aromatic heterocycles. The number of nitrogens with two attached hydrogens (primary N) is 1. The Labute approximate surface area is 213 Å². The second-order valence-electron chi connectivity index (χ2n) is 7.92. The molecule has 35 heavy (non-hydrogen) atoms. The van der Waals surface area contributed by atoms with Crippen LogP contribution >= 0.6 is 24.4 Å². The van der Waals surface area contributed by atoms with Crippen molar-refractivity contribution in [1.29, 1.82) is 0 Å². The maximum absolute atomic E-state index is 13.0. The Bertz CT molecular complexity index is 973. The molecule has 5 nitrogen and oxygen atoms in total. The van der Waals surface area contributed by atoms with Gasteiger partial charge in [-0.05, 0) is 73.2 Å². The third kappa shape index (κ3) is 11.5. The van der Waals surface area contributed by atoms with Gasteiger partial charge in [0, 0.05) is 24.0 Å². The van der Waals surface area contributed by atoms with E-state index < -0.39 is 18.4 Å². The minimum Gasteiger partial charge on any atom is -0.494 e. The summed E-state index contributed by atoms with van der Waals surface area (Å²) in [5.41, 5.74) is 5.40. The fourth-order valence-corrected chi connectivity index (χ4v) is 3.65. The van der Waals surface area contributed by atoms with Gasteiger partial charge < -0.3 is 26.4 Å². The summed E-state index contributed by atoms with van der Waals surface area (Å²) in [6.07, 6.45) is 1.44. The van der Waals surface area contributed by atoms with Crippen LogP contribution in [0.15, 0.2) is 42.5 Å². The zero-order chi connectivity index (χ0) is 25.7. The number of thiocarbonyl (C=S) groups is 2. The number of hydrogen-bond donors (Lipinski definition) is 4. The maximum atomic E-state index is 13.0. The number of ether oxygens (including phenoxy) is 1. The molecule has 0 saturated carbocycles. The average Bonchev–Trinajstić information content (AvgIpc) is 2.79. The number of nitrogens with one attached hydrogen (secondary N) is 3. The van der Waals surface area contributed by atoms with Crippen LogP contribution < -0.4 is 26.4 Å². The molecule has 0 saturated heterocycles. The molecule has 2 aromatic rings. The van der Waals surface area contributed by atoms with Gasteiger partial charge in [0.05, 0.1) is 12.2 Å². The van der Waals surface area contributed by atoms with E-state index in [1.165, 1.54) is 6.07 Å². The molecule has 192 valence electrons. The molecule has 0 unspecified atom stereocenters. The largest absolute Gasteiger partial charge is 0.494 e. The Hall–Kier alpha value is -2.66. The van der Waals surface area contributed by atoms with E-state index in [1.54, 1.807) is 0 Å². The molecule has 2 aromatic carbocycles. The molecule has 0 aliphatic carbocycles. The molecule has 0 radical (unpaired) electrons. The first kappa shape index (κ1) is 28.6. The quantitative estimate of drug-likeness (QED) is 0.133. The van der Waals surface area contributed by atoms with Crippen LogP contribution in [-0.2, 0) is 12.9 Å². The van der Waals surface area contributed by atoms with Gasteiger partial charge in [-0.15, -0.1) is 0 Å². The summed E-state index contributed by atoms with van der Waals surface area (Å²) in [6, 6.07) is 10.5. The first-order valence-corrected chi connectivity index (χ1v) is 12.1. The normalized spacial score (nSPS) is 11.1. The van der Waals surface area contributed by atoms with Gasteiger partial charge in [0.25, 0.3) is 0 Å². The number of alkyl halides is 4. The van der Waals surface area contributed by atoms with Crippen LogP contribution in [0.4, 0.5) is 28.9 Å². The van der Waals surface area contributed by atoms with Gasteiger partial charge in [-0.25, -0.2) is 4.39 Å². The van der Waals surface area contributed by atoms with Gasteiger partial charge in [0.15, 0.2) is 10.2 Å². The van der Waals surface area contributed by atoms with Crippen molar-refractivity contribution < 1.29 is 22.3 Å². The average molecular weight is 531 g/mol. The number of halogens is 4. The number of benzene rings is 2. The molecule has 11 heteroatoms.